The first-order valence-corrected chi connectivity index (χ1v) is 8.64. The molecule has 0 radical (unpaired) electrons. The molecule has 116 valence electrons. The van der Waals surface area contributed by atoms with Gasteiger partial charge in [0.1, 0.15) is 5.82 Å². The highest BCUT2D eigenvalue weighted by molar-refractivity contribution is 7.99. The summed E-state index contributed by atoms with van der Waals surface area (Å²) in [5.41, 5.74) is 10.8. The van der Waals surface area contributed by atoms with Crippen molar-refractivity contribution in [1.82, 2.24) is 14.8 Å². The van der Waals surface area contributed by atoms with Crippen LogP contribution in [0.4, 0.5) is 0 Å². The van der Waals surface area contributed by atoms with Crippen LogP contribution >= 0.6 is 11.8 Å². The average molecular weight is 309 g/mol. The van der Waals surface area contributed by atoms with E-state index in [0.29, 0.717) is 18.1 Å². The Morgan fingerprint density at radius 2 is 2.14 bits per heavy atom. The SMILES string of the molecule is NC(=O)C1(N)CCCC(Sc2nnc3n2CCCCC3)C1. The minimum atomic E-state index is -0.850. The van der Waals surface area contributed by atoms with E-state index in [1.807, 2.05) is 0 Å². The molecule has 1 aliphatic carbocycles. The molecule has 0 bridgehead atoms. The van der Waals surface area contributed by atoms with Gasteiger partial charge in [0.05, 0.1) is 5.54 Å². The van der Waals surface area contributed by atoms with Crippen molar-refractivity contribution in [2.75, 3.05) is 0 Å². The van der Waals surface area contributed by atoms with E-state index in [2.05, 4.69) is 14.8 Å². The smallest absolute Gasteiger partial charge is 0.237 e. The Labute approximate surface area is 129 Å². The van der Waals surface area contributed by atoms with Crippen LogP contribution in [-0.4, -0.2) is 31.5 Å². The number of rotatable bonds is 3. The van der Waals surface area contributed by atoms with E-state index < -0.39 is 5.54 Å². The predicted molar refractivity (Wildman–Crippen MR) is 81.8 cm³/mol. The van der Waals surface area contributed by atoms with Gasteiger partial charge in [-0.25, -0.2) is 0 Å². The Bertz CT molecular complexity index is 531. The number of aryl methyl sites for hydroxylation is 1. The standard InChI is InChI=1S/C14H23N5OS/c15-12(20)14(16)7-4-5-10(9-14)21-13-18-17-11-6-2-1-3-8-19(11)13/h10H,1-9,16H2,(H2,15,20). The molecule has 0 spiro atoms. The van der Waals surface area contributed by atoms with Crippen LogP contribution < -0.4 is 11.5 Å². The van der Waals surface area contributed by atoms with Gasteiger partial charge in [-0.15, -0.1) is 10.2 Å². The van der Waals surface area contributed by atoms with Crippen LogP contribution in [0.5, 0.6) is 0 Å². The number of hydrogen-bond donors (Lipinski definition) is 2. The van der Waals surface area contributed by atoms with Gasteiger partial charge in [-0.3, -0.25) is 4.79 Å². The third kappa shape index (κ3) is 3.08. The normalized spacial score (nSPS) is 29.7. The van der Waals surface area contributed by atoms with Gasteiger partial charge in [0.15, 0.2) is 5.16 Å². The zero-order valence-corrected chi connectivity index (χ0v) is 13.1. The van der Waals surface area contributed by atoms with Gasteiger partial charge in [0.25, 0.3) is 0 Å². The first-order valence-electron chi connectivity index (χ1n) is 7.76. The third-order valence-corrected chi connectivity index (χ3v) is 5.83. The number of fused-ring (bicyclic) bond motifs is 1. The Hall–Kier alpha value is -1.08. The Kier molecular flexibility index (Phi) is 4.21. The summed E-state index contributed by atoms with van der Waals surface area (Å²) in [6, 6.07) is 0. The molecule has 1 amide bonds. The van der Waals surface area contributed by atoms with Gasteiger partial charge >= 0.3 is 0 Å². The quantitative estimate of drug-likeness (QED) is 0.874. The second kappa shape index (κ2) is 5.96. The van der Waals surface area contributed by atoms with Gasteiger partial charge in [0.2, 0.25) is 5.91 Å². The summed E-state index contributed by atoms with van der Waals surface area (Å²) < 4.78 is 2.24. The molecule has 1 aliphatic heterocycles. The predicted octanol–water partition coefficient (Wildman–Crippen LogP) is 1.22. The molecule has 2 heterocycles. The van der Waals surface area contributed by atoms with Crippen molar-refractivity contribution in [3.05, 3.63) is 5.82 Å². The lowest BCUT2D eigenvalue weighted by Crippen LogP contribution is -2.55. The molecule has 7 heteroatoms. The van der Waals surface area contributed by atoms with Crippen molar-refractivity contribution in [2.24, 2.45) is 11.5 Å². The summed E-state index contributed by atoms with van der Waals surface area (Å²) in [5.74, 6) is 0.715. The molecule has 2 unspecified atom stereocenters. The van der Waals surface area contributed by atoms with Crippen molar-refractivity contribution in [3.63, 3.8) is 0 Å². The second-order valence-electron chi connectivity index (χ2n) is 6.22. The number of primary amides is 1. The largest absolute Gasteiger partial charge is 0.368 e. The number of carbonyl (C=O) groups is 1. The van der Waals surface area contributed by atoms with Crippen LogP contribution in [0.2, 0.25) is 0 Å². The first-order chi connectivity index (χ1) is 10.1. The summed E-state index contributed by atoms with van der Waals surface area (Å²) in [5, 5.41) is 9.94. The zero-order valence-electron chi connectivity index (χ0n) is 12.3. The molecule has 2 aliphatic rings. The molecule has 0 saturated heterocycles. The lowest BCUT2D eigenvalue weighted by atomic mass is 9.82. The Balaban J connectivity index is 1.72. The summed E-state index contributed by atoms with van der Waals surface area (Å²) in [6.45, 7) is 1.00. The average Bonchev–Trinajstić information content (AvgIpc) is 2.68. The van der Waals surface area contributed by atoms with Crippen LogP contribution in [0, 0.1) is 0 Å². The molecule has 6 nitrogen and oxygen atoms in total. The number of nitrogens with zero attached hydrogens (tertiary/aromatic N) is 3. The molecule has 0 aromatic carbocycles. The molecular weight excluding hydrogens is 286 g/mol. The maximum Gasteiger partial charge on any atom is 0.237 e. The highest BCUT2D eigenvalue weighted by atomic mass is 32.2. The minimum Gasteiger partial charge on any atom is -0.368 e. The van der Waals surface area contributed by atoms with Crippen LogP contribution in [0.1, 0.15) is 50.8 Å². The van der Waals surface area contributed by atoms with Gasteiger partial charge in [-0.1, -0.05) is 18.2 Å². The minimum absolute atomic E-state index is 0.299. The summed E-state index contributed by atoms with van der Waals surface area (Å²) in [6.07, 6.45) is 7.97. The van der Waals surface area contributed by atoms with Crippen LogP contribution in [-0.2, 0) is 17.8 Å². The lowest BCUT2D eigenvalue weighted by Gasteiger charge is -2.34. The lowest BCUT2D eigenvalue weighted by molar-refractivity contribution is -0.124. The molecule has 3 rings (SSSR count). The van der Waals surface area contributed by atoms with E-state index >= 15 is 0 Å². The van der Waals surface area contributed by atoms with Gasteiger partial charge in [0, 0.05) is 18.2 Å². The van der Waals surface area contributed by atoms with Crippen LogP contribution in [0.3, 0.4) is 0 Å². The maximum atomic E-state index is 11.6. The zero-order chi connectivity index (χ0) is 14.9. The highest BCUT2D eigenvalue weighted by Gasteiger charge is 2.38. The van der Waals surface area contributed by atoms with Gasteiger partial charge in [-0.05, 0) is 38.5 Å². The summed E-state index contributed by atoms with van der Waals surface area (Å²) in [4.78, 5) is 11.6. The van der Waals surface area contributed by atoms with Gasteiger partial charge in [-0.2, -0.15) is 0 Å². The molecule has 2 atom stereocenters. The van der Waals surface area contributed by atoms with Crippen molar-refractivity contribution < 1.29 is 4.79 Å². The number of amides is 1. The fraction of sp³-hybridized carbons (Fsp3) is 0.786. The summed E-state index contributed by atoms with van der Waals surface area (Å²) >= 11 is 1.72. The highest BCUT2D eigenvalue weighted by Crippen LogP contribution is 2.37. The molecule has 1 aromatic rings. The Morgan fingerprint density at radius 1 is 1.29 bits per heavy atom. The molecular formula is C14H23N5OS. The number of nitrogens with two attached hydrogens (primary N) is 2. The molecule has 21 heavy (non-hydrogen) atoms. The fourth-order valence-corrected chi connectivity index (χ4v) is 4.65. The van der Waals surface area contributed by atoms with Crippen molar-refractivity contribution >= 4 is 17.7 Å². The van der Waals surface area contributed by atoms with Crippen molar-refractivity contribution in [2.45, 2.75) is 73.9 Å². The first kappa shape index (κ1) is 14.8. The van der Waals surface area contributed by atoms with E-state index in [4.69, 9.17) is 11.5 Å². The van der Waals surface area contributed by atoms with Gasteiger partial charge < -0.3 is 16.0 Å². The number of hydrogen-bond acceptors (Lipinski definition) is 5. The fourth-order valence-electron chi connectivity index (χ4n) is 3.27. The number of aromatic nitrogens is 3. The molecule has 1 fully saturated rings. The van der Waals surface area contributed by atoms with E-state index in [1.165, 1.54) is 19.3 Å². The monoisotopic (exact) mass is 309 g/mol. The van der Waals surface area contributed by atoms with E-state index in [-0.39, 0.29) is 5.91 Å². The Morgan fingerprint density at radius 3 is 2.95 bits per heavy atom. The van der Waals surface area contributed by atoms with E-state index in [0.717, 1.165) is 36.8 Å². The van der Waals surface area contributed by atoms with Crippen molar-refractivity contribution in [1.29, 1.82) is 0 Å². The van der Waals surface area contributed by atoms with Crippen LogP contribution in [0.15, 0.2) is 5.16 Å². The second-order valence-corrected chi connectivity index (χ2v) is 7.49. The topological polar surface area (TPSA) is 99.8 Å². The third-order valence-electron chi connectivity index (χ3n) is 4.58. The molecule has 1 saturated carbocycles. The maximum absolute atomic E-state index is 11.6. The van der Waals surface area contributed by atoms with Crippen molar-refractivity contribution in [3.8, 4) is 0 Å². The molecule has 4 N–H and O–H groups in total. The van der Waals surface area contributed by atoms with E-state index in [1.54, 1.807) is 11.8 Å². The molecule has 1 aromatic heterocycles. The van der Waals surface area contributed by atoms with E-state index in [9.17, 15) is 4.79 Å². The van der Waals surface area contributed by atoms with Crippen LogP contribution in [0.25, 0.3) is 0 Å². The summed E-state index contributed by atoms with van der Waals surface area (Å²) in [7, 11) is 0. The number of carbonyl (C=O) groups excluding carboxylic acids is 1. The number of thioether (sulfide) groups is 1.